The predicted octanol–water partition coefficient (Wildman–Crippen LogP) is -0.776. The third-order valence-corrected chi connectivity index (χ3v) is 2.58. The molecule has 1 aliphatic heterocycles. The molecule has 1 fully saturated rings. The minimum Gasteiger partial charge on any atom is -0.480 e. The smallest absolute Gasteiger partial charge is 0.325 e. The van der Waals surface area contributed by atoms with E-state index in [0.29, 0.717) is 19.7 Å². The van der Waals surface area contributed by atoms with Crippen LogP contribution in [-0.4, -0.2) is 62.7 Å². The molecule has 8 heteroatoms. The first-order valence-corrected chi connectivity index (χ1v) is 5.59. The summed E-state index contributed by atoms with van der Waals surface area (Å²) >= 11 is 0. The van der Waals surface area contributed by atoms with Gasteiger partial charge in [-0.15, -0.1) is 5.10 Å². The van der Waals surface area contributed by atoms with Gasteiger partial charge in [-0.05, 0) is 6.92 Å². The first-order chi connectivity index (χ1) is 8.56. The van der Waals surface area contributed by atoms with Crippen molar-refractivity contribution in [2.75, 3.05) is 19.7 Å². The molecule has 0 aromatic carbocycles. The number of rotatable bonds is 3. The van der Waals surface area contributed by atoms with Crippen LogP contribution in [0.15, 0.2) is 6.20 Å². The first kappa shape index (κ1) is 12.5. The standard InChI is InChI=1S/C10H14N4O4/c1-7-4-13(2-3-18-7)10(17)8-5-14(12-11-8)6-9(15)16/h5,7H,2-4,6H2,1H3,(H,15,16). The van der Waals surface area contributed by atoms with Crippen LogP contribution in [0.4, 0.5) is 0 Å². The number of aromatic nitrogens is 3. The van der Waals surface area contributed by atoms with Gasteiger partial charge in [0.2, 0.25) is 0 Å². The molecule has 1 atom stereocenters. The molecule has 0 radical (unpaired) electrons. The van der Waals surface area contributed by atoms with Gasteiger partial charge in [0.25, 0.3) is 5.91 Å². The molecule has 1 amide bonds. The summed E-state index contributed by atoms with van der Waals surface area (Å²) in [6, 6.07) is 0. The number of hydrogen-bond acceptors (Lipinski definition) is 5. The lowest BCUT2D eigenvalue weighted by Gasteiger charge is -2.30. The van der Waals surface area contributed by atoms with Crippen molar-refractivity contribution in [2.45, 2.75) is 19.6 Å². The Labute approximate surface area is 103 Å². The van der Waals surface area contributed by atoms with Gasteiger partial charge in [0.05, 0.1) is 18.9 Å². The Bertz CT molecular complexity index is 458. The zero-order valence-electron chi connectivity index (χ0n) is 9.94. The number of morpholine rings is 1. The summed E-state index contributed by atoms with van der Waals surface area (Å²) in [5, 5.41) is 15.9. The monoisotopic (exact) mass is 254 g/mol. The van der Waals surface area contributed by atoms with E-state index in [4.69, 9.17) is 9.84 Å². The van der Waals surface area contributed by atoms with E-state index in [-0.39, 0.29) is 24.2 Å². The molecule has 18 heavy (non-hydrogen) atoms. The van der Waals surface area contributed by atoms with Crippen LogP contribution >= 0.6 is 0 Å². The normalized spacial score (nSPS) is 19.8. The maximum absolute atomic E-state index is 12.1. The molecule has 8 nitrogen and oxygen atoms in total. The van der Waals surface area contributed by atoms with Gasteiger partial charge in [-0.3, -0.25) is 9.59 Å². The molecule has 2 heterocycles. The van der Waals surface area contributed by atoms with E-state index in [9.17, 15) is 9.59 Å². The Morgan fingerprint density at radius 3 is 3.06 bits per heavy atom. The molecule has 1 unspecified atom stereocenters. The first-order valence-electron chi connectivity index (χ1n) is 5.59. The molecular weight excluding hydrogens is 240 g/mol. The highest BCUT2D eigenvalue weighted by Gasteiger charge is 2.24. The van der Waals surface area contributed by atoms with Crippen LogP contribution in [0.5, 0.6) is 0 Å². The molecule has 1 aromatic rings. The summed E-state index contributed by atoms with van der Waals surface area (Å²) in [5.74, 6) is -1.28. The van der Waals surface area contributed by atoms with Gasteiger partial charge in [-0.2, -0.15) is 0 Å². The van der Waals surface area contributed by atoms with Gasteiger partial charge < -0.3 is 14.7 Å². The van der Waals surface area contributed by atoms with Gasteiger partial charge in [0, 0.05) is 13.1 Å². The Morgan fingerprint density at radius 2 is 2.39 bits per heavy atom. The summed E-state index contributed by atoms with van der Waals surface area (Å²) in [6.07, 6.45) is 1.34. The maximum atomic E-state index is 12.1. The van der Waals surface area contributed by atoms with E-state index < -0.39 is 5.97 Å². The molecule has 2 rings (SSSR count). The van der Waals surface area contributed by atoms with Crippen molar-refractivity contribution in [1.29, 1.82) is 0 Å². The Balaban J connectivity index is 2.04. The van der Waals surface area contributed by atoms with Gasteiger partial charge >= 0.3 is 5.97 Å². The number of nitrogens with zero attached hydrogens (tertiary/aromatic N) is 4. The molecule has 1 N–H and O–H groups in total. The zero-order valence-corrected chi connectivity index (χ0v) is 9.94. The Hall–Kier alpha value is -1.96. The fourth-order valence-electron chi connectivity index (χ4n) is 1.78. The number of carboxylic acids is 1. The quantitative estimate of drug-likeness (QED) is 0.760. The molecule has 1 aliphatic rings. The average molecular weight is 254 g/mol. The Kier molecular flexibility index (Phi) is 3.56. The third-order valence-electron chi connectivity index (χ3n) is 2.58. The number of hydrogen-bond donors (Lipinski definition) is 1. The molecule has 1 aromatic heterocycles. The van der Waals surface area contributed by atoms with Crippen molar-refractivity contribution >= 4 is 11.9 Å². The van der Waals surface area contributed by atoms with Crippen LogP contribution in [0, 0.1) is 0 Å². The van der Waals surface area contributed by atoms with Crippen molar-refractivity contribution < 1.29 is 19.4 Å². The van der Waals surface area contributed by atoms with Crippen molar-refractivity contribution in [3.63, 3.8) is 0 Å². The summed E-state index contributed by atoms with van der Waals surface area (Å²) in [7, 11) is 0. The minimum absolute atomic E-state index is 0.00300. The summed E-state index contributed by atoms with van der Waals surface area (Å²) < 4.78 is 6.46. The van der Waals surface area contributed by atoms with Crippen molar-refractivity contribution in [3.8, 4) is 0 Å². The largest absolute Gasteiger partial charge is 0.480 e. The average Bonchev–Trinajstić information content (AvgIpc) is 2.75. The molecular formula is C10H14N4O4. The highest BCUT2D eigenvalue weighted by molar-refractivity contribution is 5.92. The number of amides is 1. The van der Waals surface area contributed by atoms with Gasteiger partial charge in [-0.25, -0.2) is 4.68 Å². The summed E-state index contributed by atoms with van der Waals surface area (Å²) in [6.45, 7) is 3.09. The van der Waals surface area contributed by atoms with E-state index in [1.54, 1.807) is 4.90 Å². The van der Waals surface area contributed by atoms with Crippen LogP contribution in [0.1, 0.15) is 17.4 Å². The van der Waals surface area contributed by atoms with E-state index in [1.807, 2.05) is 6.92 Å². The van der Waals surface area contributed by atoms with E-state index >= 15 is 0 Å². The predicted molar refractivity (Wildman–Crippen MR) is 59.0 cm³/mol. The summed E-state index contributed by atoms with van der Waals surface area (Å²) in [5.41, 5.74) is 0.158. The Morgan fingerprint density at radius 1 is 1.61 bits per heavy atom. The molecule has 0 saturated carbocycles. The lowest BCUT2D eigenvalue weighted by atomic mass is 10.3. The van der Waals surface area contributed by atoms with E-state index in [0.717, 1.165) is 4.68 Å². The lowest BCUT2D eigenvalue weighted by molar-refractivity contribution is -0.137. The van der Waals surface area contributed by atoms with E-state index in [2.05, 4.69) is 10.3 Å². The zero-order chi connectivity index (χ0) is 13.1. The molecule has 98 valence electrons. The van der Waals surface area contributed by atoms with Crippen LogP contribution in [0.25, 0.3) is 0 Å². The number of carbonyl (C=O) groups is 2. The number of ether oxygens (including phenoxy) is 1. The summed E-state index contributed by atoms with van der Waals surface area (Å²) in [4.78, 5) is 24.2. The highest BCUT2D eigenvalue weighted by Crippen LogP contribution is 2.08. The highest BCUT2D eigenvalue weighted by atomic mass is 16.5. The van der Waals surface area contributed by atoms with Crippen LogP contribution in [-0.2, 0) is 16.1 Å². The maximum Gasteiger partial charge on any atom is 0.325 e. The van der Waals surface area contributed by atoms with Gasteiger partial charge in [0.15, 0.2) is 5.69 Å². The van der Waals surface area contributed by atoms with Crippen molar-refractivity contribution in [1.82, 2.24) is 19.9 Å². The molecule has 0 spiro atoms. The van der Waals surface area contributed by atoms with Crippen molar-refractivity contribution in [2.24, 2.45) is 0 Å². The molecule has 1 saturated heterocycles. The van der Waals surface area contributed by atoms with Gasteiger partial charge in [0.1, 0.15) is 6.54 Å². The SMILES string of the molecule is CC1CN(C(=O)c2cn(CC(=O)O)nn2)CCO1. The number of carboxylic acid groups (broad SMARTS) is 1. The van der Waals surface area contributed by atoms with Crippen molar-refractivity contribution in [3.05, 3.63) is 11.9 Å². The van der Waals surface area contributed by atoms with E-state index in [1.165, 1.54) is 6.20 Å². The fourth-order valence-corrected chi connectivity index (χ4v) is 1.78. The third kappa shape index (κ3) is 2.83. The van der Waals surface area contributed by atoms with Crippen LogP contribution in [0.3, 0.4) is 0 Å². The second-order valence-corrected chi connectivity index (χ2v) is 4.13. The fraction of sp³-hybridized carbons (Fsp3) is 0.600. The topological polar surface area (TPSA) is 97.6 Å². The molecule has 0 bridgehead atoms. The minimum atomic E-state index is -1.03. The van der Waals surface area contributed by atoms with Gasteiger partial charge in [-0.1, -0.05) is 5.21 Å². The molecule has 0 aliphatic carbocycles. The number of aliphatic carboxylic acids is 1. The number of carbonyl (C=O) groups excluding carboxylic acids is 1. The van der Waals surface area contributed by atoms with Crippen LogP contribution in [0.2, 0.25) is 0 Å². The van der Waals surface area contributed by atoms with Crippen LogP contribution < -0.4 is 0 Å². The second kappa shape index (κ2) is 5.13. The second-order valence-electron chi connectivity index (χ2n) is 4.13. The lowest BCUT2D eigenvalue weighted by Crippen LogP contribution is -2.44.